The van der Waals surface area contributed by atoms with Crippen molar-refractivity contribution in [2.75, 3.05) is 6.54 Å². The Hall–Kier alpha value is -2.08. The molecule has 0 spiro atoms. The van der Waals surface area contributed by atoms with Gasteiger partial charge in [0.15, 0.2) is 0 Å². The van der Waals surface area contributed by atoms with Crippen LogP contribution in [-0.4, -0.2) is 45.9 Å². The average Bonchev–Trinajstić information content (AvgIpc) is 3.38. The molecule has 0 radical (unpaired) electrons. The van der Waals surface area contributed by atoms with Crippen LogP contribution in [0.3, 0.4) is 0 Å². The summed E-state index contributed by atoms with van der Waals surface area (Å²) >= 11 is 0. The van der Waals surface area contributed by atoms with E-state index in [-0.39, 0.29) is 24.5 Å². The number of nitroso groups, excluding NO2 is 1. The molecular weight excluding hydrogens is 390 g/mol. The fourth-order valence-corrected chi connectivity index (χ4v) is 6.93. The number of benzene rings is 1. The van der Waals surface area contributed by atoms with Crippen molar-refractivity contribution in [1.82, 2.24) is 4.90 Å². The molecule has 1 aromatic rings. The van der Waals surface area contributed by atoms with Crippen molar-refractivity contribution in [3.8, 4) is 0 Å². The van der Waals surface area contributed by atoms with E-state index in [0.717, 1.165) is 50.5 Å². The van der Waals surface area contributed by atoms with Crippen LogP contribution in [0.2, 0.25) is 0 Å². The molecule has 5 rings (SSSR count). The molecular formula is C25H33N3O3. The van der Waals surface area contributed by atoms with Crippen molar-refractivity contribution < 1.29 is 9.90 Å². The summed E-state index contributed by atoms with van der Waals surface area (Å²) in [6.07, 6.45) is 7.21. The monoisotopic (exact) mass is 423 g/mol. The molecule has 6 unspecified atom stereocenters. The molecule has 31 heavy (non-hydrogen) atoms. The molecule has 1 aliphatic heterocycles. The van der Waals surface area contributed by atoms with E-state index in [2.05, 4.69) is 12.1 Å². The number of likely N-dealkylation sites (tertiary alicyclic amines) is 1. The third kappa shape index (κ3) is 3.95. The molecule has 0 aromatic heterocycles. The summed E-state index contributed by atoms with van der Waals surface area (Å²) in [5.41, 5.74) is 0.532. The van der Waals surface area contributed by atoms with E-state index in [1.807, 2.05) is 35.2 Å². The second-order valence-corrected chi connectivity index (χ2v) is 10.8. The summed E-state index contributed by atoms with van der Waals surface area (Å²) in [7, 11) is 0. The Bertz CT molecular complexity index is 887. The number of rotatable bonds is 6. The number of carbonyl (C=O) groups excluding carboxylic acids is 1. The predicted molar refractivity (Wildman–Crippen MR) is 120 cm³/mol. The zero-order chi connectivity index (χ0) is 21.6. The lowest BCUT2D eigenvalue weighted by molar-refractivity contribution is -0.127. The van der Waals surface area contributed by atoms with Crippen LogP contribution in [0.5, 0.6) is 0 Å². The van der Waals surface area contributed by atoms with Gasteiger partial charge in [-0.2, -0.15) is 4.91 Å². The maximum Gasteiger partial charge on any atom is 0.268 e. The van der Waals surface area contributed by atoms with Crippen LogP contribution < -0.4 is 0 Å². The maximum atomic E-state index is 14.0. The lowest BCUT2D eigenvalue weighted by Gasteiger charge is -2.50. The normalized spacial score (nSPS) is 39.2. The summed E-state index contributed by atoms with van der Waals surface area (Å²) in [6, 6.07) is 10.1. The molecule has 3 saturated carbocycles. The van der Waals surface area contributed by atoms with Crippen LogP contribution in [-0.2, 0) is 11.3 Å². The molecule has 166 valence electrons. The van der Waals surface area contributed by atoms with Crippen molar-refractivity contribution in [3.05, 3.63) is 40.8 Å². The average molecular weight is 424 g/mol. The highest BCUT2D eigenvalue weighted by Crippen LogP contribution is 2.53. The van der Waals surface area contributed by atoms with Gasteiger partial charge in [0.2, 0.25) is 0 Å². The van der Waals surface area contributed by atoms with E-state index < -0.39 is 11.0 Å². The van der Waals surface area contributed by atoms with Crippen LogP contribution in [0.1, 0.15) is 63.9 Å². The maximum absolute atomic E-state index is 14.0. The zero-order valence-electron chi connectivity index (χ0n) is 18.4. The lowest BCUT2D eigenvalue weighted by atomic mass is 9.57. The van der Waals surface area contributed by atoms with Crippen molar-refractivity contribution in [2.45, 2.75) is 82.5 Å². The minimum atomic E-state index is -0.694. The fourth-order valence-electron chi connectivity index (χ4n) is 6.93. The van der Waals surface area contributed by atoms with Gasteiger partial charge in [-0.1, -0.05) is 55.3 Å². The molecule has 6 nitrogen and oxygen atoms in total. The quantitative estimate of drug-likeness (QED) is 0.552. The Morgan fingerprint density at radius 3 is 2.77 bits per heavy atom. The Balaban J connectivity index is 1.49. The van der Waals surface area contributed by atoms with Gasteiger partial charge < -0.3 is 10.0 Å². The van der Waals surface area contributed by atoms with E-state index in [4.69, 9.17) is 4.99 Å². The highest BCUT2D eigenvalue weighted by atomic mass is 16.3. The van der Waals surface area contributed by atoms with E-state index in [9.17, 15) is 14.8 Å². The van der Waals surface area contributed by atoms with Gasteiger partial charge in [-0.3, -0.25) is 9.79 Å². The molecule has 3 aliphatic carbocycles. The number of nitrogens with zero attached hydrogens (tertiary/aromatic N) is 3. The number of aliphatic imine (C=N–C) groups is 1. The zero-order valence-corrected chi connectivity index (χ0v) is 18.4. The minimum Gasteiger partial charge on any atom is -0.390 e. The summed E-state index contributed by atoms with van der Waals surface area (Å²) in [5.74, 6) is 0.918. The third-order valence-corrected chi connectivity index (χ3v) is 8.15. The fraction of sp³-hybridized carbons (Fsp3) is 0.680. The van der Waals surface area contributed by atoms with Crippen molar-refractivity contribution in [1.29, 1.82) is 0 Å². The van der Waals surface area contributed by atoms with Crippen LogP contribution in [0, 0.1) is 22.2 Å². The van der Waals surface area contributed by atoms with E-state index in [1.54, 1.807) is 0 Å². The van der Waals surface area contributed by atoms with E-state index in [1.165, 1.54) is 0 Å². The number of amides is 1. The summed E-state index contributed by atoms with van der Waals surface area (Å²) < 4.78 is 0. The van der Waals surface area contributed by atoms with Crippen LogP contribution in [0.25, 0.3) is 0 Å². The van der Waals surface area contributed by atoms with Crippen LogP contribution in [0.15, 0.2) is 40.5 Å². The van der Waals surface area contributed by atoms with Crippen molar-refractivity contribution in [2.24, 2.45) is 27.4 Å². The van der Waals surface area contributed by atoms with Gasteiger partial charge in [-0.05, 0) is 55.9 Å². The first-order valence-electron chi connectivity index (χ1n) is 11.8. The van der Waals surface area contributed by atoms with Crippen LogP contribution >= 0.6 is 0 Å². The Kier molecular flexibility index (Phi) is 5.24. The van der Waals surface area contributed by atoms with Crippen molar-refractivity contribution >= 4 is 11.6 Å². The number of fused-ring (bicyclic) bond motifs is 3. The minimum absolute atomic E-state index is 0.0272. The third-order valence-electron chi connectivity index (χ3n) is 8.15. The van der Waals surface area contributed by atoms with Gasteiger partial charge in [0, 0.05) is 11.5 Å². The second-order valence-electron chi connectivity index (χ2n) is 10.8. The largest absolute Gasteiger partial charge is 0.390 e. The lowest BCUT2D eigenvalue weighted by Crippen LogP contribution is -2.54. The molecule has 6 heteroatoms. The molecule has 1 aromatic carbocycles. The van der Waals surface area contributed by atoms with E-state index in [0.29, 0.717) is 30.5 Å². The standard InChI is InChI=1S/C25H33N3O3/c1-24(12-18-8-5-9-25(30,13-18)16-24)22(26-14-17-6-3-2-4-7-17)23(29)28-20(15-27-31)10-19-11-21(19)28/h2-4,6-7,18-21,30H,5,8-16H2,1H3. The molecule has 1 heterocycles. The van der Waals surface area contributed by atoms with Gasteiger partial charge in [0.1, 0.15) is 12.3 Å². The number of aliphatic hydroxyl groups is 1. The summed E-state index contributed by atoms with van der Waals surface area (Å²) in [4.78, 5) is 31.9. The number of piperidine rings is 1. The van der Waals surface area contributed by atoms with Gasteiger partial charge in [-0.25, -0.2) is 0 Å². The Morgan fingerprint density at radius 1 is 1.23 bits per heavy atom. The number of hydrogen-bond donors (Lipinski definition) is 1. The highest BCUT2D eigenvalue weighted by molar-refractivity contribution is 6.41. The summed E-state index contributed by atoms with van der Waals surface area (Å²) in [5, 5.41) is 14.4. The first kappa shape index (κ1) is 20.8. The van der Waals surface area contributed by atoms with Gasteiger partial charge >= 0.3 is 0 Å². The number of hydrogen-bond acceptors (Lipinski definition) is 5. The Morgan fingerprint density at radius 2 is 2.03 bits per heavy atom. The predicted octanol–water partition coefficient (Wildman–Crippen LogP) is 4.10. The topological polar surface area (TPSA) is 82.3 Å². The molecule has 1 N–H and O–H groups in total. The summed E-state index contributed by atoms with van der Waals surface area (Å²) in [6.45, 7) is 2.75. The second kappa shape index (κ2) is 7.80. The molecule has 4 aliphatic rings. The number of carbonyl (C=O) groups is 1. The highest BCUT2D eigenvalue weighted by Gasteiger charge is 2.57. The first-order valence-corrected chi connectivity index (χ1v) is 11.8. The van der Waals surface area contributed by atoms with Gasteiger partial charge in [-0.15, -0.1) is 0 Å². The smallest absolute Gasteiger partial charge is 0.268 e. The van der Waals surface area contributed by atoms with Crippen LogP contribution in [0.4, 0.5) is 0 Å². The van der Waals surface area contributed by atoms with Gasteiger partial charge in [0.25, 0.3) is 5.91 Å². The molecule has 4 fully saturated rings. The van der Waals surface area contributed by atoms with Gasteiger partial charge in [0.05, 0.1) is 18.2 Å². The SMILES string of the molecule is CC1(C(=NCc2ccccc2)C(=O)N2C(CN=O)CC3CC32)CC2CCCC(O)(C2)C1. The molecule has 1 amide bonds. The molecule has 1 saturated heterocycles. The van der Waals surface area contributed by atoms with E-state index >= 15 is 0 Å². The first-order chi connectivity index (χ1) is 14.9. The Labute approximate surface area is 184 Å². The molecule has 2 bridgehead atoms. The van der Waals surface area contributed by atoms with Crippen molar-refractivity contribution in [3.63, 3.8) is 0 Å². The molecule has 6 atom stereocenters.